The molecular formula is C33H65NO4. The van der Waals surface area contributed by atoms with Crippen LogP contribution < -0.4 is 5.32 Å². The number of hydrogen-bond acceptors (Lipinski definition) is 4. The molecule has 226 valence electrons. The highest BCUT2D eigenvalue weighted by molar-refractivity contribution is 5.81. The summed E-state index contributed by atoms with van der Waals surface area (Å²) in [7, 11) is 0. The van der Waals surface area contributed by atoms with Gasteiger partial charge in [-0.2, -0.15) is 0 Å². The zero-order chi connectivity index (χ0) is 27.9. The number of rotatable bonds is 31. The average Bonchev–Trinajstić information content (AvgIpc) is 2.90. The second kappa shape index (κ2) is 30.4. The Kier molecular flexibility index (Phi) is 29.6. The third-order valence-corrected chi connectivity index (χ3v) is 7.60. The summed E-state index contributed by atoms with van der Waals surface area (Å²) in [6, 6.07) is -0.845. The van der Waals surface area contributed by atoms with Crippen molar-refractivity contribution in [2.45, 2.75) is 187 Å². The van der Waals surface area contributed by atoms with Crippen molar-refractivity contribution in [3.05, 3.63) is 0 Å². The molecule has 0 fully saturated rings. The van der Waals surface area contributed by atoms with Gasteiger partial charge < -0.3 is 15.2 Å². The van der Waals surface area contributed by atoms with E-state index in [9.17, 15) is 14.7 Å². The van der Waals surface area contributed by atoms with Crippen LogP contribution in [0.3, 0.4) is 0 Å². The van der Waals surface area contributed by atoms with Gasteiger partial charge in [-0.25, -0.2) is 0 Å². The molecule has 1 atom stereocenters. The lowest BCUT2D eigenvalue weighted by molar-refractivity contribution is -0.149. The molecule has 0 heterocycles. The zero-order valence-electron chi connectivity index (χ0n) is 25.5. The minimum absolute atomic E-state index is 0.0916. The predicted molar refractivity (Wildman–Crippen MR) is 162 cm³/mol. The van der Waals surface area contributed by atoms with Gasteiger partial charge in [-0.15, -0.1) is 0 Å². The van der Waals surface area contributed by atoms with Crippen LogP contribution in [0.15, 0.2) is 0 Å². The molecule has 0 aliphatic heterocycles. The van der Waals surface area contributed by atoms with Crippen molar-refractivity contribution in [3.63, 3.8) is 0 Å². The molecular weight excluding hydrogens is 474 g/mol. The van der Waals surface area contributed by atoms with Crippen molar-refractivity contribution < 1.29 is 19.4 Å². The number of carboxylic acids is 1. The molecule has 1 unspecified atom stereocenters. The van der Waals surface area contributed by atoms with Gasteiger partial charge in [-0.3, -0.25) is 9.59 Å². The molecule has 5 heteroatoms. The lowest BCUT2D eigenvalue weighted by Crippen LogP contribution is -2.39. The molecule has 38 heavy (non-hydrogen) atoms. The minimum atomic E-state index is -0.971. The number of ether oxygens (including phenoxy) is 1. The Morgan fingerprint density at radius 3 is 1.26 bits per heavy atom. The third kappa shape index (κ3) is 27.9. The maximum Gasteiger partial charge on any atom is 0.321 e. The summed E-state index contributed by atoms with van der Waals surface area (Å²) in [6.45, 7) is 5.55. The summed E-state index contributed by atoms with van der Waals surface area (Å²) >= 11 is 0. The summed E-state index contributed by atoms with van der Waals surface area (Å²) in [5, 5.41) is 12.5. The number of carboxylic acid groups (broad SMARTS) is 1. The van der Waals surface area contributed by atoms with E-state index in [1.165, 1.54) is 135 Å². The first kappa shape index (κ1) is 36.9. The molecule has 0 radical (unpaired) electrons. The molecule has 0 saturated carbocycles. The molecule has 0 aliphatic rings. The topological polar surface area (TPSA) is 75.6 Å². The highest BCUT2D eigenvalue weighted by Gasteiger charge is 2.21. The smallest absolute Gasteiger partial charge is 0.321 e. The highest BCUT2D eigenvalue weighted by Crippen LogP contribution is 2.14. The van der Waals surface area contributed by atoms with Crippen molar-refractivity contribution in [1.29, 1.82) is 0 Å². The number of aliphatic carboxylic acids is 1. The first-order valence-electron chi connectivity index (χ1n) is 16.7. The second-order valence-corrected chi connectivity index (χ2v) is 11.4. The van der Waals surface area contributed by atoms with Gasteiger partial charge in [0.05, 0.1) is 13.0 Å². The van der Waals surface area contributed by atoms with Crippen molar-refractivity contribution in [2.24, 2.45) is 0 Å². The molecule has 0 bridgehead atoms. The van der Waals surface area contributed by atoms with Crippen LogP contribution in [0.2, 0.25) is 0 Å². The van der Waals surface area contributed by atoms with Gasteiger partial charge in [0, 0.05) is 0 Å². The monoisotopic (exact) mass is 539 g/mol. The fraction of sp³-hybridized carbons (Fsp3) is 0.939. The Labute approximate surface area is 236 Å². The van der Waals surface area contributed by atoms with Gasteiger partial charge >= 0.3 is 11.9 Å². The molecule has 0 amide bonds. The minimum Gasteiger partial charge on any atom is -0.480 e. The van der Waals surface area contributed by atoms with Crippen LogP contribution in [-0.2, 0) is 14.3 Å². The normalized spacial score (nSPS) is 12.1. The zero-order valence-corrected chi connectivity index (χ0v) is 25.5. The number of nitrogens with one attached hydrogen (secondary N) is 1. The summed E-state index contributed by atoms with van der Waals surface area (Å²) in [6.07, 6.45) is 32.0. The summed E-state index contributed by atoms with van der Waals surface area (Å²) in [5.41, 5.74) is 0. The lowest BCUT2D eigenvalue weighted by Gasteiger charge is -2.14. The van der Waals surface area contributed by atoms with Gasteiger partial charge in [0.15, 0.2) is 0 Å². The van der Waals surface area contributed by atoms with Gasteiger partial charge in [0.2, 0.25) is 0 Å². The largest absolute Gasteiger partial charge is 0.480 e. The van der Waals surface area contributed by atoms with E-state index in [-0.39, 0.29) is 6.42 Å². The van der Waals surface area contributed by atoms with Crippen molar-refractivity contribution >= 4 is 11.9 Å². The molecule has 5 nitrogen and oxygen atoms in total. The Balaban J connectivity index is 3.51. The number of unbranched alkanes of at least 4 members (excludes halogenated alkanes) is 23. The van der Waals surface area contributed by atoms with Crippen molar-refractivity contribution in [3.8, 4) is 0 Å². The van der Waals surface area contributed by atoms with E-state index in [1.54, 1.807) is 0 Å². The van der Waals surface area contributed by atoms with E-state index >= 15 is 0 Å². The molecule has 0 aromatic rings. The SMILES string of the molecule is CCCCCCCCCCCCCCCCCCNC(CC(=O)OCCCCCCCCCCC)C(=O)O. The van der Waals surface area contributed by atoms with Crippen LogP contribution in [0.4, 0.5) is 0 Å². The quantitative estimate of drug-likeness (QED) is 0.0677. The van der Waals surface area contributed by atoms with Crippen LogP contribution >= 0.6 is 0 Å². The van der Waals surface area contributed by atoms with E-state index in [0.29, 0.717) is 13.2 Å². The summed E-state index contributed by atoms with van der Waals surface area (Å²) in [4.78, 5) is 23.6. The Hall–Kier alpha value is -1.10. The Morgan fingerprint density at radius 1 is 0.553 bits per heavy atom. The van der Waals surface area contributed by atoms with Crippen molar-refractivity contribution in [1.82, 2.24) is 5.32 Å². The summed E-state index contributed by atoms with van der Waals surface area (Å²) in [5.74, 6) is -1.38. The molecule has 0 aromatic heterocycles. The number of carbonyl (C=O) groups excluding carboxylic acids is 1. The molecule has 0 aliphatic carbocycles. The third-order valence-electron chi connectivity index (χ3n) is 7.60. The van der Waals surface area contributed by atoms with Gasteiger partial charge in [-0.1, -0.05) is 162 Å². The van der Waals surface area contributed by atoms with E-state index in [1.807, 2.05) is 0 Å². The molecule has 2 N–H and O–H groups in total. The van der Waals surface area contributed by atoms with Gasteiger partial charge in [0.25, 0.3) is 0 Å². The molecule has 0 saturated heterocycles. The average molecular weight is 540 g/mol. The second-order valence-electron chi connectivity index (χ2n) is 11.4. The number of hydrogen-bond donors (Lipinski definition) is 2. The molecule has 0 spiro atoms. The van der Waals surface area contributed by atoms with Crippen LogP contribution in [0.5, 0.6) is 0 Å². The highest BCUT2D eigenvalue weighted by atomic mass is 16.5. The van der Waals surface area contributed by atoms with Crippen LogP contribution in [-0.4, -0.2) is 36.2 Å². The lowest BCUT2D eigenvalue weighted by atomic mass is 10.0. The van der Waals surface area contributed by atoms with Gasteiger partial charge in [-0.05, 0) is 19.4 Å². The number of carbonyl (C=O) groups is 2. The van der Waals surface area contributed by atoms with E-state index in [4.69, 9.17) is 4.74 Å². The van der Waals surface area contributed by atoms with E-state index in [2.05, 4.69) is 19.2 Å². The van der Waals surface area contributed by atoms with E-state index in [0.717, 1.165) is 25.7 Å². The van der Waals surface area contributed by atoms with Crippen LogP contribution in [0.1, 0.15) is 181 Å². The molecule has 0 aromatic carbocycles. The Bertz CT molecular complexity index is 511. The fourth-order valence-electron chi connectivity index (χ4n) is 5.02. The van der Waals surface area contributed by atoms with Crippen LogP contribution in [0, 0.1) is 0 Å². The predicted octanol–water partition coefficient (Wildman–Crippen LogP) is 9.75. The van der Waals surface area contributed by atoms with Crippen LogP contribution in [0.25, 0.3) is 0 Å². The van der Waals surface area contributed by atoms with Crippen molar-refractivity contribution in [2.75, 3.05) is 13.2 Å². The Morgan fingerprint density at radius 2 is 0.895 bits per heavy atom. The first-order chi connectivity index (χ1) is 18.6. The fourth-order valence-corrected chi connectivity index (χ4v) is 5.02. The standard InChI is InChI=1S/C33H65NO4/c1-3-5-7-9-11-13-14-15-16-17-18-19-20-22-24-26-28-34-31(33(36)37)30-32(35)38-29-27-25-23-21-12-10-8-6-4-2/h31,34H,3-30H2,1-2H3,(H,36,37). The van der Waals surface area contributed by atoms with Gasteiger partial charge in [0.1, 0.15) is 6.04 Å². The first-order valence-corrected chi connectivity index (χ1v) is 16.7. The summed E-state index contributed by atoms with van der Waals surface area (Å²) < 4.78 is 5.28. The number of esters is 1. The molecule has 0 rings (SSSR count). The van der Waals surface area contributed by atoms with E-state index < -0.39 is 18.0 Å². The maximum atomic E-state index is 12.1. The maximum absolute atomic E-state index is 12.1.